The Morgan fingerprint density at radius 1 is 0.933 bits per heavy atom. The molecule has 0 aromatic heterocycles. The highest BCUT2D eigenvalue weighted by Crippen LogP contribution is 2.18. The quantitative estimate of drug-likeness (QED) is 0.608. The molecule has 1 saturated carbocycles. The molecule has 0 saturated heterocycles. The van der Waals surface area contributed by atoms with Crippen LogP contribution >= 0.6 is 0 Å². The zero-order valence-corrected chi connectivity index (χ0v) is 17.1. The van der Waals surface area contributed by atoms with Gasteiger partial charge in [0.2, 0.25) is 5.91 Å². The normalized spacial score (nSPS) is 13.9. The van der Waals surface area contributed by atoms with Gasteiger partial charge in [0.1, 0.15) is 0 Å². The topological polar surface area (TPSA) is 96.5 Å². The van der Waals surface area contributed by atoms with E-state index in [4.69, 9.17) is 0 Å². The number of amides is 2. The number of hydrogen-bond donors (Lipinski definition) is 3. The number of carbonyl (C=O) groups is 3. The van der Waals surface area contributed by atoms with Crippen molar-refractivity contribution in [2.45, 2.75) is 38.1 Å². The van der Waals surface area contributed by atoms with Gasteiger partial charge in [-0.2, -0.15) is 0 Å². The lowest BCUT2D eigenvalue weighted by molar-refractivity contribution is -0.114. The van der Waals surface area contributed by atoms with E-state index < -0.39 is 5.97 Å². The van der Waals surface area contributed by atoms with Crippen LogP contribution in [0.4, 0.5) is 11.4 Å². The molecule has 0 bridgehead atoms. The molecule has 1 fully saturated rings. The van der Waals surface area contributed by atoms with Crippen LogP contribution in [-0.2, 0) is 9.53 Å². The molecule has 7 heteroatoms. The molecule has 30 heavy (non-hydrogen) atoms. The van der Waals surface area contributed by atoms with Crippen LogP contribution in [0.1, 0.15) is 52.8 Å². The van der Waals surface area contributed by atoms with Gasteiger partial charge in [0, 0.05) is 23.0 Å². The third kappa shape index (κ3) is 6.07. The van der Waals surface area contributed by atoms with Crippen LogP contribution in [0.3, 0.4) is 0 Å². The summed E-state index contributed by atoms with van der Waals surface area (Å²) in [5.41, 5.74) is 2.26. The average Bonchev–Trinajstić information content (AvgIpc) is 2.78. The molecular weight excluding hydrogens is 382 g/mol. The molecular formula is C23H27N3O4. The molecule has 1 aliphatic carbocycles. The molecule has 0 unspecified atom stereocenters. The fourth-order valence-corrected chi connectivity index (χ4v) is 3.48. The summed E-state index contributed by atoms with van der Waals surface area (Å²) in [4.78, 5) is 36.1. The number of methoxy groups -OCH3 is 1. The molecule has 0 atom stereocenters. The van der Waals surface area contributed by atoms with Gasteiger partial charge in [0.25, 0.3) is 5.91 Å². The Labute approximate surface area is 176 Å². The molecule has 1 aliphatic rings. The van der Waals surface area contributed by atoms with Gasteiger partial charge in [0.15, 0.2) is 0 Å². The minimum absolute atomic E-state index is 0.0481. The summed E-state index contributed by atoms with van der Waals surface area (Å²) in [5.74, 6) is -0.750. The monoisotopic (exact) mass is 409 g/mol. The Balaban J connectivity index is 1.50. The van der Waals surface area contributed by atoms with Gasteiger partial charge in [-0.3, -0.25) is 9.59 Å². The fraction of sp³-hybridized carbons (Fsp3) is 0.348. The summed E-state index contributed by atoms with van der Waals surface area (Å²) in [6.07, 6.45) is 5.62. The number of esters is 1. The summed E-state index contributed by atoms with van der Waals surface area (Å²) in [6.45, 7) is 0.0481. The number of ether oxygens (including phenoxy) is 1. The van der Waals surface area contributed by atoms with E-state index in [2.05, 4.69) is 20.7 Å². The first-order chi connectivity index (χ1) is 14.5. The number of hydrogen-bond acceptors (Lipinski definition) is 5. The minimum Gasteiger partial charge on any atom is -0.465 e. The van der Waals surface area contributed by atoms with Gasteiger partial charge in [-0.05, 0) is 55.3 Å². The molecule has 0 heterocycles. The standard InChI is InChI=1S/C23H27N3O4/c1-30-23(29)16-10-12-19(13-11-16)25-21(27)15-24-20-9-5-6-17(14-20)22(28)26-18-7-3-2-4-8-18/h5-6,9-14,18,24H,2-4,7-8,15H2,1H3,(H,25,27)(H,26,28). The van der Waals surface area contributed by atoms with Crippen molar-refractivity contribution in [3.05, 3.63) is 59.7 Å². The third-order valence-electron chi connectivity index (χ3n) is 5.11. The van der Waals surface area contributed by atoms with Crippen LogP contribution in [0, 0.1) is 0 Å². The molecule has 0 radical (unpaired) electrons. The van der Waals surface area contributed by atoms with E-state index in [0.29, 0.717) is 22.5 Å². The van der Waals surface area contributed by atoms with Gasteiger partial charge >= 0.3 is 5.97 Å². The predicted octanol–water partition coefficient (Wildman–Crippen LogP) is 3.59. The van der Waals surface area contributed by atoms with E-state index in [-0.39, 0.29) is 24.4 Å². The number of carbonyl (C=O) groups excluding carboxylic acids is 3. The average molecular weight is 409 g/mol. The second-order valence-electron chi connectivity index (χ2n) is 7.36. The maximum absolute atomic E-state index is 12.5. The Bertz CT molecular complexity index is 890. The highest BCUT2D eigenvalue weighted by molar-refractivity contribution is 5.96. The van der Waals surface area contributed by atoms with E-state index >= 15 is 0 Å². The number of benzene rings is 2. The largest absolute Gasteiger partial charge is 0.465 e. The van der Waals surface area contributed by atoms with Crippen molar-refractivity contribution in [2.75, 3.05) is 24.3 Å². The molecule has 2 aromatic rings. The third-order valence-corrected chi connectivity index (χ3v) is 5.11. The second-order valence-corrected chi connectivity index (χ2v) is 7.36. The first-order valence-electron chi connectivity index (χ1n) is 10.2. The Morgan fingerprint density at radius 3 is 2.37 bits per heavy atom. The van der Waals surface area contributed by atoms with Crippen molar-refractivity contribution < 1.29 is 19.1 Å². The number of rotatable bonds is 7. The van der Waals surface area contributed by atoms with E-state index in [0.717, 1.165) is 25.7 Å². The van der Waals surface area contributed by atoms with Crippen molar-refractivity contribution >= 4 is 29.2 Å². The minimum atomic E-state index is -0.429. The van der Waals surface area contributed by atoms with E-state index in [9.17, 15) is 14.4 Å². The number of nitrogens with one attached hydrogen (secondary N) is 3. The molecule has 0 spiro atoms. The maximum Gasteiger partial charge on any atom is 0.337 e. The summed E-state index contributed by atoms with van der Waals surface area (Å²) >= 11 is 0. The van der Waals surface area contributed by atoms with Gasteiger partial charge in [0.05, 0.1) is 19.2 Å². The van der Waals surface area contributed by atoms with Crippen LogP contribution in [-0.4, -0.2) is 37.5 Å². The van der Waals surface area contributed by atoms with Gasteiger partial charge in [-0.1, -0.05) is 25.3 Å². The zero-order chi connectivity index (χ0) is 21.3. The summed E-state index contributed by atoms with van der Waals surface area (Å²) < 4.78 is 4.65. The highest BCUT2D eigenvalue weighted by atomic mass is 16.5. The van der Waals surface area contributed by atoms with Crippen LogP contribution in [0.25, 0.3) is 0 Å². The summed E-state index contributed by atoms with van der Waals surface area (Å²) in [5, 5.41) is 8.89. The Hall–Kier alpha value is -3.35. The van der Waals surface area contributed by atoms with Crippen LogP contribution in [0.5, 0.6) is 0 Å². The van der Waals surface area contributed by atoms with Crippen molar-refractivity contribution in [1.29, 1.82) is 0 Å². The zero-order valence-electron chi connectivity index (χ0n) is 17.1. The molecule has 2 aromatic carbocycles. The van der Waals surface area contributed by atoms with Crippen molar-refractivity contribution in [1.82, 2.24) is 5.32 Å². The Morgan fingerprint density at radius 2 is 1.67 bits per heavy atom. The lowest BCUT2D eigenvalue weighted by Crippen LogP contribution is -2.36. The number of anilines is 2. The fourth-order valence-electron chi connectivity index (χ4n) is 3.48. The van der Waals surface area contributed by atoms with Gasteiger partial charge in [-0.15, -0.1) is 0 Å². The summed E-state index contributed by atoms with van der Waals surface area (Å²) in [7, 11) is 1.32. The molecule has 158 valence electrons. The SMILES string of the molecule is COC(=O)c1ccc(NC(=O)CNc2cccc(C(=O)NC3CCCCC3)c2)cc1. The molecule has 0 aliphatic heterocycles. The van der Waals surface area contributed by atoms with Crippen molar-refractivity contribution in [3.63, 3.8) is 0 Å². The highest BCUT2D eigenvalue weighted by Gasteiger charge is 2.16. The van der Waals surface area contributed by atoms with E-state index in [1.165, 1.54) is 13.5 Å². The van der Waals surface area contributed by atoms with E-state index in [1.807, 2.05) is 6.07 Å². The van der Waals surface area contributed by atoms with Crippen LogP contribution < -0.4 is 16.0 Å². The molecule has 3 rings (SSSR count). The van der Waals surface area contributed by atoms with Gasteiger partial charge < -0.3 is 20.7 Å². The Kier molecular flexibility index (Phi) is 7.43. The lowest BCUT2D eigenvalue weighted by atomic mass is 9.95. The second kappa shape index (κ2) is 10.4. The molecule has 7 nitrogen and oxygen atoms in total. The molecule has 2 amide bonds. The predicted molar refractivity (Wildman–Crippen MR) is 116 cm³/mol. The van der Waals surface area contributed by atoms with Crippen molar-refractivity contribution in [3.8, 4) is 0 Å². The first-order valence-corrected chi connectivity index (χ1v) is 10.2. The van der Waals surface area contributed by atoms with E-state index in [1.54, 1.807) is 42.5 Å². The molecule has 3 N–H and O–H groups in total. The van der Waals surface area contributed by atoms with Crippen molar-refractivity contribution in [2.24, 2.45) is 0 Å². The van der Waals surface area contributed by atoms with Gasteiger partial charge in [-0.25, -0.2) is 4.79 Å². The first kappa shape index (κ1) is 21.4. The summed E-state index contributed by atoms with van der Waals surface area (Å²) in [6, 6.07) is 13.8. The van der Waals surface area contributed by atoms with Crippen LogP contribution in [0.15, 0.2) is 48.5 Å². The van der Waals surface area contributed by atoms with Crippen LogP contribution in [0.2, 0.25) is 0 Å². The lowest BCUT2D eigenvalue weighted by Gasteiger charge is -2.22. The maximum atomic E-state index is 12.5. The smallest absolute Gasteiger partial charge is 0.337 e.